The molecule has 6 atom stereocenters. The first-order valence-electron chi connectivity index (χ1n) is 9.58. The smallest absolute Gasteiger partial charge is 0.264 e. The molecule has 4 aliphatic heterocycles. The molecule has 6 heteroatoms. The summed E-state index contributed by atoms with van der Waals surface area (Å²) >= 11 is 0. The molecule has 0 aromatic heterocycles. The number of anilines is 1. The van der Waals surface area contributed by atoms with Gasteiger partial charge in [-0.1, -0.05) is 13.0 Å². The molecule has 4 fully saturated rings. The van der Waals surface area contributed by atoms with E-state index in [1.807, 2.05) is 18.2 Å². The normalized spacial score (nSPS) is 40.2. The summed E-state index contributed by atoms with van der Waals surface area (Å²) < 4.78 is 11.7. The van der Waals surface area contributed by atoms with E-state index < -0.39 is 5.41 Å². The van der Waals surface area contributed by atoms with Gasteiger partial charge in [-0.3, -0.25) is 9.63 Å². The van der Waals surface area contributed by atoms with Crippen LogP contribution in [0.5, 0.6) is 5.75 Å². The SMILES string of the molecule is CC[C@H]1NC2C[C@@]3(C(=O)N(OC)c4cc(OC)ccc43)[C@H]3C[C@@H]1C2CO3. The first-order valence-corrected chi connectivity index (χ1v) is 9.58. The second kappa shape index (κ2) is 5.68. The Morgan fingerprint density at radius 2 is 2.19 bits per heavy atom. The summed E-state index contributed by atoms with van der Waals surface area (Å²) in [5.74, 6) is 1.81. The average molecular weight is 358 g/mol. The van der Waals surface area contributed by atoms with E-state index in [0.717, 1.165) is 42.9 Å². The van der Waals surface area contributed by atoms with Gasteiger partial charge in [0.05, 0.1) is 32.6 Å². The lowest BCUT2D eigenvalue weighted by atomic mass is 9.71. The van der Waals surface area contributed by atoms with Crippen molar-refractivity contribution in [2.24, 2.45) is 11.8 Å². The van der Waals surface area contributed by atoms with E-state index in [9.17, 15) is 4.79 Å². The van der Waals surface area contributed by atoms with Crippen LogP contribution in [0.25, 0.3) is 0 Å². The van der Waals surface area contributed by atoms with Crippen LogP contribution in [0.15, 0.2) is 18.2 Å². The number of rotatable bonds is 3. The molecule has 2 unspecified atom stereocenters. The van der Waals surface area contributed by atoms with Gasteiger partial charge in [0.1, 0.15) is 11.2 Å². The summed E-state index contributed by atoms with van der Waals surface area (Å²) in [7, 11) is 3.18. The van der Waals surface area contributed by atoms with Crippen LogP contribution in [-0.2, 0) is 19.8 Å². The molecule has 1 aliphatic carbocycles. The zero-order chi connectivity index (χ0) is 18.1. The fourth-order valence-electron chi connectivity index (χ4n) is 5.97. The molecule has 1 saturated carbocycles. The molecule has 1 spiro atoms. The van der Waals surface area contributed by atoms with Gasteiger partial charge < -0.3 is 14.8 Å². The highest BCUT2D eigenvalue weighted by Gasteiger charge is 2.64. The minimum absolute atomic E-state index is 0.00342. The van der Waals surface area contributed by atoms with Crippen LogP contribution in [0.3, 0.4) is 0 Å². The molecule has 1 aromatic rings. The highest BCUT2D eigenvalue weighted by molar-refractivity contribution is 6.07. The second-order valence-electron chi connectivity index (χ2n) is 8.01. The maximum Gasteiger partial charge on any atom is 0.264 e. The highest BCUT2D eigenvalue weighted by Crippen LogP contribution is 2.57. The Bertz CT molecular complexity index is 753. The molecule has 0 radical (unpaired) electrons. The van der Waals surface area contributed by atoms with Gasteiger partial charge in [0.25, 0.3) is 5.91 Å². The van der Waals surface area contributed by atoms with Crippen molar-refractivity contribution in [3.8, 4) is 5.75 Å². The van der Waals surface area contributed by atoms with Gasteiger partial charge in [0.15, 0.2) is 0 Å². The third kappa shape index (κ3) is 1.90. The summed E-state index contributed by atoms with van der Waals surface area (Å²) in [4.78, 5) is 19.1. The Balaban J connectivity index is 1.65. The molecule has 1 amide bonds. The number of benzene rings is 1. The number of fused-ring (bicyclic) bond motifs is 2. The lowest BCUT2D eigenvalue weighted by Crippen LogP contribution is -2.53. The Kier molecular flexibility index (Phi) is 3.61. The Morgan fingerprint density at radius 3 is 2.92 bits per heavy atom. The largest absolute Gasteiger partial charge is 0.497 e. The number of carbonyl (C=O) groups excluding carboxylic acids is 1. The van der Waals surface area contributed by atoms with E-state index in [4.69, 9.17) is 14.3 Å². The summed E-state index contributed by atoms with van der Waals surface area (Å²) in [6.07, 6.45) is 2.74. The lowest BCUT2D eigenvalue weighted by molar-refractivity contribution is -0.138. The van der Waals surface area contributed by atoms with Gasteiger partial charge in [-0.25, -0.2) is 0 Å². The molecule has 6 rings (SSSR count). The summed E-state index contributed by atoms with van der Waals surface area (Å²) in [6, 6.07) is 6.71. The Labute approximate surface area is 153 Å². The number of carbonyl (C=O) groups is 1. The van der Waals surface area contributed by atoms with Crippen LogP contribution in [-0.4, -0.2) is 44.9 Å². The Hall–Kier alpha value is -1.63. The van der Waals surface area contributed by atoms with Crippen LogP contribution in [0.2, 0.25) is 0 Å². The monoisotopic (exact) mass is 358 g/mol. The van der Waals surface area contributed by atoms with Crippen molar-refractivity contribution in [3.05, 3.63) is 23.8 Å². The summed E-state index contributed by atoms with van der Waals surface area (Å²) in [5.41, 5.74) is 1.13. The van der Waals surface area contributed by atoms with Crippen LogP contribution in [0.4, 0.5) is 5.69 Å². The quantitative estimate of drug-likeness (QED) is 0.896. The number of ether oxygens (including phenoxy) is 2. The first kappa shape index (κ1) is 16.5. The van der Waals surface area contributed by atoms with Crippen molar-refractivity contribution >= 4 is 11.6 Å². The van der Waals surface area contributed by atoms with Crippen LogP contribution < -0.4 is 15.1 Å². The molecule has 140 valence electrons. The molecule has 3 saturated heterocycles. The van der Waals surface area contributed by atoms with Gasteiger partial charge in [0.2, 0.25) is 0 Å². The van der Waals surface area contributed by atoms with E-state index in [2.05, 4.69) is 12.2 Å². The van der Waals surface area contributed by atoms with Crippen molar-refractivity contribution in [3.63, 3.8) is 0 Å². The molecular weight excluding hydrogens is 332 g/mol. The maximum absolute atomic E-state index is 13.6. The number of hydrogen-bond donors (Lipinski definition) is 1. The second-order valence-corrected chi connectivity index (χ2v) is 8.01. The van der Waals surface area contributed by atoms with Crippen molar-refractivity contribution < 1.29 is 19.1 Å². The third-order valence-electron chi connectivity index (χ3n) is 7.17. The number of amides is 1. The molecule has 4 bridgehead atoms. The molecule has 6 nitrogen and oxygen atoms in total. The van der Waals surface area contributed by atoms with Gasteiger partial charge in [-0.2, -0.15) is 5.06 Å². The van der Waals surface area contributed by atoms with E-state index in [1.54, 1.807) is 14.2 Å². The third-order valence-corrected chi connectivity index (χ3v) is 7.17. The lowest BCUT2D eigenvalue weighted by Gasteiger charge is -2.40. The highest BCUT2D eigenvalue weighted by atomic mass is 16.7. The molecule has 26 heavy (non-hydrogen) atoms. The average Bonchev–Trinajstić information content (AvgIpc) is 3.01. The zero-order valence-electron chi connectivity index (χ0n) is 15.5. The first-order chi connectivity index (χ1) is 12.6. The maximum atomic E-state index is 13.6. The van der Waals surface area contributed by atoms with E-state index >= 15 is 0 Å². The summed E-state index contributed by atoms with van der Waals surface area (Å²) in [6.45, 7) is 2.99. The van der Waals surface area contributed by atoms with E-state index in [-0.39, 0.29) is 12.0 Å². The van der Waals surface area contributed by atoms with Crippen molar-refractivity contribution in [1.29, 1.82) is 0 Å². The predicted octanol–water partition coefficient (Wildman–Crippen LogP) is 2.02. The number of methoxy groups -OCH3 is 1. The minimum Gasteiger partial charge on any atom is -0.497 e. The van der Waals surface area contributed by atoms with E-state index in [1.165, 1.54) is 5.06 Å². The molecule has 4 heterocycles. The number of hydrogen-bond acceptors (Lipinski definition) is 5. The van der Waals surface area contributed by atoms with Gasteiger partial charge in [-0.05, 0) is 36.8 Å². The van der Waals surface area contributed by atoms with E-state index in [0.29, 0.717) is 23.9 Å². The van der Waals surface area contributed by atoms with Crippen molar-refractivity contribution in [1.82, 2.24) is 5.32 Å². The standard InChI is InChI=1S/C20H26N2O4/c1-4-15-12-8-18-20(9-16(21-15)13(12)10-26-18)14-6-5-11(24-2)7-17(14)22(25-3)19(20)23/h5-7,12-13,15-16,18,21H,4,8-10H2,1-3H3/t12-,13?,15-,16?,18-,20+/m1/s1. The van der Waals surface area contributed by atoms with Gasteiger partial charge >= 0.3 is 0 Å². The fraction of sp³-hybridized carbons (Fsp3) is 0.650. The molecule has 1 N–H and O–H groups in total. The van der Waals surface area contributed by atoms with Crippen LogP contribution in [0, 0.1) is 11.8 Å². The zero-order valence-corrected chi connectivity index (χ0v) is 15.5. The Morgan fingerprint density at radius 1 is 1.35 bits per heavy atom. The van der Waals surface area contributed by atoms with Crippen molar-refractivity contribution in [2.75, 3.05) is 25.9 Å². The molecule has 1 aromatic carbocycles. The van der Waals surface area contributed by atoms with Crippen molar-refractivity contribution in [2.45, 2.75) is 49.8 Å². The predicted molar refractivity (Wildman–Crippen MR) is 96.1 cm³/mol. The fourth-order valence-corrected chi connectivity index (χ4v) is 5.97. The van der Waals surface area contributed by atoms with Crippen LogP contribution >= 0.6 is 0 Å². The summed E-state index contributed by atoms with van der Waals surface area (Å²) in [5, 5.41) is 5.25. The minimum atomic E-state index is -0.669. The molecule has 5 aliphatic rings. The number of nitrogens with one attached hydrogen (secondary N) is 1. The number of hydroxylamine groups is 1. The van der Waals surface area contributed by atoms with Gasteiger partial charge in [-0.15, -0.1) is 0 Å². The number of nitrogens with zero attached hydrogens (tertiary/aromatic N) is 1. The topological polar surface area (TPSA) is 60.0 Å². The van der Waals surface area contributed by atoms with Gasteiger partial charge in [0, 0.05) is 24.1 Å². The molecular formula is C20H26N2O4. The van der Waals surface area contributed by atoms with Crippen LogP contribution in [0.1, 0.15) is 31.7 Å².